The van der Waals surface area contributed by atoms with Crippen LogP contribution < -0.4 is 0 Å². The molecule has 4 radical (unpaired) electrons. The van der Waals surface area contributed by atoms with Gasteiger partial charge in [-0.2, -0.15) is 0 Å². The minimum absolute atomic E-state index is 0. The third kappa shape index (κ3) is 9.37. The molecular formula is CH4AlCuZn. The van der Waals surface area contributed by atoms with E-state index in [0.717, 1.165) is 0 Å². The smallest absolute Gasteiger partial charge is 0 e. The van der Waals surface area contributed by atoms with Crippen LogP contribution in [-0.2, 0) is 36.5 Å². The Balaban J connectivity index is 0. The Labute approximate surface area is 61.1 Å². The Kier molecular flexibility index (Phi) is 249. The maximum Gasteiger partial charge on any atom is 0 e. The van der Waals surface area contributed by atoms with Crippen LogP contribution in [0.2, 0.25) is 0 Å². The van der Waals surface area contributed by atoms with Crippen molar-refractivity contribution in [3.63, 3.8) is 0 Å². The van der Waals surface area contributed by atoms with E-state index in [1.54, 1.807) is 0 Å². The first-order valence-electron chi connectivity index (χ1n) is 0. The molecule has 0 aliphatic heterocycles. The van der Waals surface area contributed by atoms with Gasteiger partial charge in [-0.3, -0.25) is 0 Å². The summed E-state index contributed by atoms with van der Waals surface area (Å²) in [6.45, 7) is 0. The van der Waals surface area contributed by atoms with Crippen LogP contribution in [0, 0.1) is 0 Å². The average molecular weight is 172 g/mol. The molecule has 4 heavy (non-hydrogen) atoms. The van der Waals surface area contributed by atoms with Gasteiger partial charge in [0.05, 0.1) is 0 Å². The van der Waals surface area contributed by atoms with Crippen molar-refractivity contribution >= 4 is 17.4 Å². The summed E-state index contributed by atoms with van der Waals surface area (Å²) in [6.07, 6.45) is 0. The fraction of sp³-hybridized carbons (Fsp3) is 1.00. The molecule has 0 spiro atoms. The molecule has 0 aliphatic rings. The second-order valence-electron chi connectivity index (χ2n) is 0. The Morgan fingerprint density at radius 1 is 1.00 bits per heavy atom. The normalized spacial score (nSPS) is 0. The average Bonchev–Trinajstić information content (AvgIpc) is 0. The molecule has 0 fully saturated rings. The summed E-state index contributed by atoms with van der Waals surface area (Å²) in [6, 6.07) is 0. The summed E-state index contributed by atoms with van der Waals surface area (Å²) in [5.74, 6) is 0. The molecule has 0 bridgehead atoms. The summed E-state index contributed by atoms with van der Waals surface area (Å²) in [5, 5.41) is 0. The molecule has 0 heterocycles. The minimum Gasteiger partial charge on any atom is -0.0776 e. The Hall–Kier alpha value is 1.68. The maximum atomic E-state index is 0. The van der Waals surface area contributed by atoms with Gasteiger partial charge in [0.15, 0.2) is 0 Å². The predicted octanol–water partition coefficient (Wildman–Crippen LogP) is 0.250. The van der Waals surface area contributed by atoms with Gasteiger partial charge in [-0.1, -0.05) is 7.43 Å². The van der Waals surface area contributed by atoms with E-state index < -0.39 is 0 Å². The maximum absolute atomic E-state index is 0. The molecule has 0 aromatic rings. The first-order chi connectivity index (χ1) is 0. The van der Waals surface area contributed by atoms with E-state index in [9.17, 15) is 0 Å². The van der Waals surface area contributed by atoms with Gasteiger partial charge in [-0.25, -0.2) is 0 Å². The zero-order valence-electron chi connectivity index (χ0n) is 1.59. The second-order valence-corrected chi connectivity index (χ2v) is 0. The molecule has 0 rings (SSSR count). The van der Waals surface area contributed by atoms with Crippen LogP contribution >= 0.6 is 0 Å². The number of hydrogen-bond acceptors (Lipinski definition) is 0. The van der Waals surface area contributed by atoms with E-state index in [-0.39, 0.29) is 61.3 Å². The van der Waals surface area contributed by atoms with Crippen LogP contribution in [0.1, 0.15) is 7.43 Å². The van der Waals surface area contributed by atoms with E-state index in [4.69, 9.17) is 0 Å². The molecule has 0 N–H and O–H groups in total. The molecule has 0 atom stereocenters. The third-order valence-electron chi connectivity index (χ3n) is 0. The van der Waals surface area contributed by atoms with Gasteiger partial charge in [0.25, 0.3) is 0 Å². The fourth-order valence-electron chi connectivity index (χ4n) is 0. The molecule has 0 aromatic heterocycles. The molecule has 24 valence electrons. The van der Waals surface area contributed by atoms with E-state index in [0.29, 0.717) is 0 Å². The van der Waals surface area contributed by atoms with Gasteiger partial charge in [0.2, 0.25) is 0 Å². The molecule has 0 saturated carbocycles. The van der Waals surface area contributed by atoms with E-state index in [2.05, 4.69) is 0 Å². The molecule has 0 nitrogen and oxygen atoms in total. The first kappa shape index (κ1) is 44.2. The number of hydrogen-bond donors (Lipinski definition) is 0. The quantitative estimate of drug-likeness (QED) is 0.459. The molecular weight excluding hydrogens is 168 g/mol. The largest absolute Gasteiger partial charge is 0.0776 e. The summed E-state index contributed by atoms with van der Waals surface area (Å²) in [7, 11) is 0. The van der Waals surface area contributed by atoms with Gasteiger partial charge in [-0.15, -0.1) is 0 Å². The second kappa shape index (κ2) is 22.5. The molecule has 0 aromatic carbocycles. The van der Waals surface area contributed by atoms with Gasteiger partial charge < -0.3 is 0 Å². The Morgan fingerprint density at radius 2 is 1.00 bits per heavy atom. The minimum atomic E-state index is 0. The van der Waals surface area contributed by atoms with Gasteiger partial charge >= 0.3 is 0 Å². The van der Waals surface area contributed by atoms with Crippen molar-refractivity contribution in [2.24, 2.45) is 0 Å². The van der Waals surface area contributed by atoms with Crippen molar-refractivity contribution in [1.29, 1.82) is 0 Å². The summed E-state index contributed by atoms with van der Waals surface area (Å²) < 4.78 is 0. The third-order valence-corrected chi connectivity index (χ3v) is 0. The topological polar surface area (TPSA) is 0 Å². The van der Waals surface area contributed by atoms with E-state index >= 15 is 0 Å². The van der Waals surface area contributed by atoms with Gasteiger partial charge in [0.1, 0.15) is 0 Å². The molecule has 0 unspecified atom stereocenters. The zero-order chi connectivity index (χ0) is 0. The van der Waals surface area contributed by atoms with E-state index in [1.165, 1.54) is 0 Å². The first-order valence-corrected chi connectivity index (χ1v) is 0. The molecule has 0 aliphatic carbocycles. The Bertz CT molecular complexity index is 8.00. The van der Waals surface area contributed by atoms with E-state index in [1.807, 2.05) is 0 Å². The van der Waals surface area contributed by atoms with Crippen LogP contribution in [-0.4, -0.2) is 17.4 Å². The molecule has 0 amide bonds. The number of rotatable bonds is 0. The van der Waals surface area contributed by atoms with Crippen molar-refractivity contribution in [3.8, 4) is 0 Å². The molecule has 3 heteroatoms. The fourth-order valence-corrected chi connectivity index (χ4v) is 0. The summed E-state index contributed by atoms with van der Waals surface area (Å²) in [4.78, 5) is 0. The van der Waals surface area contributed by atoms with Crippen molar-refractivity contribution < 1.29 is 36.5 Å². The van der Waals surface area contributed by atoms with Crippen molar-refractivity contribution in [3.05, 3.63) is 0 Å². The summed E-state index contributed by atoms with van der Waals surface area (Å²) >= 11 is 0. The monoisotopic (exact) mass is 170 g/mol. The predicted molar refractivity (Wildman–Crippen MR) is 12.5 cm³/mol. The van der Waals surface area contributed by atoms with Crippen molar-refractivity contribution in [2.75, 3.05) is 0 Å². The van der Waals surface area contributed by atoms with Gasteiger partial charge in [-0.05, 0) is 0 Å². The van der Waals surface area contributed by atoms with Crippen molar-refractivity contribution in [1.82, 2.24) is 0 Å². The van der Waals surface area contributed by atoms with Crippen LogP contribution in [0.4, 0.5) is 0 Å². The Morgan fingerprint density at radius 3 is 1.00 bits per heavy atom. The standard InChI is InChI=1S/CH4.Al.Cu.Zn/h1H4;;;. The van der Waals surface area contributed by atoms with Crippen LogP contribution in [0.3, 0.4) is 0 Å². The van der Waals surface area contributed by atoms with Crippen molar-refractivity contribution in [2.45, 2.75) is 7.43 Å². The van der Waals surface area contributed by atoms with Crippen LogP contribution in [0.25, 0.3) is 0 Å². The van der Waals surface area contributed by atoms with Gasteiger partial charge in [0, 0.05) is 53.9 Å². The summed E-state index contributed by atoms with van der Waals surface area (Å²) in [5.41, 5.74) is 0. The SMILES string of the molecule is C.[Al].[Cu].[Zn]. The van der Waals surface area contributed by atoms with Crippen LogP contribution in [0.5, 0.6) is 0 Å². The molecule has 0 saturated heterocycles. The van der Waals surface area contributed by atoms with Crippen LogP contribution in [0.15, 0.2) is 0 Å². The zero-order valence-corrected chi connectivity index (χ0v) is 6.65.